The fourth-order valence-corrected chi connectivity index (χ4v) is 7.64. The molecule has 6 nitrogen and oxygen atoms in total. The normalized spacial score (nSPS) is 17.8. The lowest BCUT2D eigenvalue weighted by molar-refractivity contribution is -0.698. The Morgan fingerprint density at radius 2 is 0.826 bits per heavy atom. The lowest BCUT2D eigenvalue weighted by atomic mass is 9.96. The van der Waals surface area contributed by atoms with Crippen molar-refractivity contribution in [3.8, 4) is 0 Å². The van der Waals surface area contributed by atoms with E-state index in [0.29, 0.717) is 78.0 Å². The van der Waals surface area contributed by atoms with Crippen LogP contribution in [-0.2, 0) is 0 Å². The molecular formula is C40H26N2O4+2. The number of hydrogen-bond acceptors (Lipinski definition) is 4. The summed E-state index contributed by atoms with van der Waals surface area (Å²) in [4.78, 5) is 56.8. The van der Waals surface area contributed by atoms with Crippen LogP contribution >= 0.6 is 0 Å². The highest BCUT2D eigenvalue weighted by atomic mass is 16.1. The summed E-state index contributed by atoms with van der Waals surface area (Å²) in [7, 11) is 0. The maximum absolute atomic E-state index is 14.5. The number of rotatable bonds is 2. The average molecular weight is 599 g/mol. The molecule has 2 aliphatic carbocycles. The number of fused-ring (bicyclic) bond motifs is 8. The quantitative estimate of drug-likeness (QED) is 0.147. The van der Waals surface area contributed by atoms with Gasteiger partial charge in [0, 0.05) is 57.3 Å². The summed E-state index contributed by atoms with van der Waals surface area (Å²) >= 11 is 0. The summed E-state index contributed by atoms with van der Waals surface area (Å²) in [6.07, 6.45) is 17.6. The second kappa shape index (κ2) is 9.81. The number of hydrogen-bond donors (Lipinski definition) is 0. The monoisotopic (exact) mass is 598 g/mol. The zero-order valence-electron chi connectivity index (χ0n) is 24.6. The fourth-order valence-electron chi connectivity index (χ4n) is 7.64. The van der Waals surface area contributed by atoms with E-state index in [1.54, 1.807) is 60.7 Å². The van der Waals surface area contributed by atoms with E-state index in [4.69, 9.17) is 0 Å². The molecular weight excluding hydrogens is 572 g/mol. The van der Waals surface area contributed by atoms with Gasteiger partial charge in [0.2, 0.25) is 10.9 Å². The molecule has 0 amide bonds. The molecule has 46 heavy (non-hydrogen) atoms. The molecule has 0 bridgehead atoms. The van der Waals surface area contributed by atoms with Crippen molar-refractivity contribution in [1.29, 1.82) is 0 Å². The molecule has 9 rings (SSSR count). The maximum Gasteiger partial charge on any atom is 0.290 e. The van der Waals surface area contributed by atoms with Gasteiger partial charge >= 0.3 is 0 Å². The Hall–Kier alpha value is -5.88. The van der Waals surface area contributed by atoms with Crippen molar-refractivity contribution in [2.24, 2.45) is 0 Å². The van der Waals surface area contributed by atoms with Gasteiger partial charge in [-0.2, -0.15) is 9.13 Å². The topological polar surface area (TPSA) is 76.0 Å². The minimum Gasteiger partial charge on any atom is -0.289 e. The van der Waals surface area contributed by atoms with Crippen LogP contribution in [-0.4, -0.2) is 0 Å². The predicted octanol–water partition coefficient (Wildman–Crippen LogP) is 5.61. The van der Waals surface area contributed by atoms with Gasteiger partial charge in [0.25, 0.3) is 22.1 Å². The summed E-state index contributed by atoms with van der Waals surface area (Å²) in [6, 6.07) is 20.8. The van der Waals surface area contributed by atoms with Crippen LogP contribution in [0.3, 0.4) is 0 Å². The lowest BCUT2D eigenvalue weighted by Gasteiger charge is -2.18. The van der Waals surface area contributed by atoms with Crippen LogP contribution < -0.4 is 30.8 Å². The van der Waals surface area contributed by atoms with Crippen molar-refractivity contribution in [2.75, 3.05) is 0 Å². The zero-order chi connectivity index (χ0) is 31.1. The van der Waals surface area contributed by atoms with E-state index in [1.807, 2.05) is 36.4 Å². The van der Waals surface area contributed by atoms with Crippen LogP contribution in [0.25, 0.3) is 65.2 Å². The molecule has 0 radical (unpaired) electrons. The highest BCUT2D eigenvalue weighted by Gasteiger charge is 2.38. The van der Waals surface area contributed by atoms with E-state index in [-0.39, 0.29) is 33.8 Å². The molecule has 0 saturated carbocycles. The molecule has 2 atom stereocenters. The van der Waals surface area contributed by atoms with Gasteiger partial charge in [-0.05, 0) is 24.3 Å². The first-order valence-corrected chi connectivity index (χ1v) is 15.5. The molecule has 0 spiro atoms. The van der Waals surface area contributed by atoms with Crippen molar-refractivity contribution in [3.63, 3.8) is 0 Å². The molecule has 2 unspecified atom stereocenters. The Morgan fingerprint density at radius 3 is 1.20 bits per heavy atom. The third-order valence-corrected chi connectivity index (χ3v) is 9.67. The zero-order valence-corrected chi connectivity index (χ0v) is 24.6. The van der Waals surface area contributed by atoms with Crippen LogP contribution in [0.5, 0.6) is 0 Å². The fraction of sp³-hybridized carbons (Fsp3) is 0.100. The predicted molar refractivity (Wildman–Crippen MR) is 183 cm³/mol. The third-order valence-electron chi connectivity index (χ3n) is 9.67. The summed E-state index contributed by atoms with van der Waals surface area (Å²) in [5, 5.41) is 3.02. The SMILES string of the molecule is O=c1c2ccccc2c(=O)c2c1ccc1c2[n+](C2C=CC=CC2)c2ccc3c(=O)c4ccccc4c(=O)c3c2[n+]1C1C=CC=CC1. The van der Waals surface area contributed by atoms with Crippen molar-refractivity contribution in [3.05, 3.63) is 162 Å². The van der Waals surface area contributed by atoms with Gasteiger partial charge in [-0.1, -0.05) is 85.0 Å². The number of allylic oxidation sites excluding steroid dienone is 8. The Kier molecular flexibility index (Phi) is 5.66. The van der Waals surface area contributed by atoms with Gasteiger partial charge in [0.15, 0.2) is 22.9 Å². The smallest absolute Gasteiger partial charge is 0.289 e. The van der Waals surface area contributed by atoms with E-state index < -0.39 is 0 Å². The third kappa shape index (κ3) is 3.52. The lowest BCUT2D eigenvalue weighted by Crippen LogP contribution is -2.50. The molecule has 0 saturated heterocycles. The second-order valence-electron chi connectivity index (χ2n) is 12.1. The molecule has 1 heterocycles. The largest absolute Gasteiger partial charge is 0.290 e. The van der Waals surface area contributed by atoms with Gasteiger partial charge < -0.3 is 0 Å². The number of aromatic nitrogens is 2. The van der Waals surface area contributed by atoms with Crippen molar-refractivity contribution in [2.45, 2.75) is 24.9 Å². The van der Waals surface area contributed by atoms with Crippen LogP contribution in [0.4, 0.5) is 0 Å². The van der Waals surface area contributed by atoms with Gasteiger partial charge in [-0.25, -0.2) is 0 Å². The van der Waals surface area contributed by atoms with Gasteiger partial charge in [-0.3, -0.25) is 19.2 Å². The van der Waals surface area contributed by atoms with Gasteiger partial charge in [-0.15, -0.1) is 0 Å². The highest BCUT2D eigenvalue weighted by Crippen LogP contribution is 2.30. The van der Waals surface area contributed by atoms with Crippen LogP contribution in [0, 0.1) is 0 Å². The average Bonchev–Trinajstić information content (AvgIpc) is 3.11. The molecule has 6 aromatic carbocycles. The molecule has 0 fully saturated rings. The standard InChI is InChI=1S/C40H26N2O4/c43-37-25-15-7-9-17-27(25)39(45)33-29(37)20-22-32-35(33)41(23-11-3-1-4-12-23)31-21-19-30-34(36(31)42(32)24-13-5-2-6-14-24)40(46)28-18-10-8-16-26(28)38(30)44/h1-11,13,15-24H,12,14H2/q+2. The molecule has 0 N–H and O–H groups in total. The number of nitrogens with zero attached hydrogens (tertiary/aromatic N) is 2. The van der Waals surface area contributed by atoms with Crippen molar-refractivity contribution >= 4 is 65.2 Å². The Bertz CT molecular complexity index is 2660. The van der Waals surface area contributed by atoms with Gasteiger partial charge in [0.05, 0.1) is 0 Å². The Balaban J connectivity index is 1.62. The molecule has 1 aromatic heterocycles. The van der Waals surface area contributed by atoms with Gasteiger partial charge in [0.1, 0.15) is 10.8 Å². The van der Waals surface area contributed by atoms with E-state index in [9.17, 15) is 19.2 Å². The van der Waals surface area contributed by atoms with E-state index in [0.717, 1.165) is 0 Å². The first-order chi connectivity index (χ1) is 22.5. The highest BCUT2D eigenvalue weighted by molar-refractivity contribution is 6.11. The van der Waals surface area contributed by atoms with E-state index in [2.05, 4.69) is 33.4 Å². The van der Waals surface area contributed by atoms with Crippen LogP contribution in [0.2, 0.25) is 0 Å². The second-order valence-corrected chi connectivity index (χ2v) is 12.1. The van der Waals surface area contributed by atoms with E-state index >= 15 is 0 Å². The minimum absolute atomic E-state index is 0.187. The van der Waals surface area contributed by atoms with Crippen LogP contribution in [0.1, 0.15) is 24.9 Å². The summed E-state index contributed by atoms with van der Waals surface area (Å²) in [5.41, 5.74) is 1.92. The summed E-state index contributed by atoms with van der Waals surface area (Å²) in [6.45, 7) is 0. The molecule has 218 valence electrons. The minimum atomic E-state index is -0.210. The summed E-state index contributed by atoms with van der Waals surface area (Å²) < 4.78 is 4.22. The summed E-state index contributed by atoms with van der Waals surface area (Å²) in [5.74, 6) is 0. The van der Waals surface area contributed by atoms with Crippen molar-refractivity contribution < 1.29 is 9.13 Å². The van der Waals surface area contributed by atoms with Crippen LogP contribution in [0.15, 0.2) is 141 Å². The first kappa shape index (κ1) is 26.5. The Labute approximate surface area is 261 Å². The number of benzene rings is 6. The Morgan fingerprint density at radius 1 is 0.435 bits per heavy atom. The molecule has 2 aliphatic rings. The van der Waals surface area contributed by atoms with Crippen molar-refractivity contribution in [1.82, 2.24) is 0 Å². The van der Waals surface area contributed by atoms with E-state index in [1.165, 1.54) is 0 Å². The molecule has 6 heteroatoms. The molecule has 7 aromatic rings. The molecule has 0 aliphatic heterocycles. The maximum atomic E-state index is 14.5. The first-order valence-electron chi connectivity index (χ1n) is 15.5.